The van der Waals surface area contributed by atoms with Gasteiger partial charge in [-0.1, -0.05) is 6.42 Å². The lowest BCUT2D eigenvalue weighted by atomic mass is 10.1. The first-order chi connectivity index (χ1) is 7.81. The van der Waals surface area contributed by atoms with E-state index in [1.807, 2.05) is 0 Å². The van der Waals surface area contributed by atoms with E-state index in [1.165, 1.54) is 29.7 Å². The molecule has 0 aliphatic heterocycles. The second kappa shape index (κ2) is 5.32. The molecule has 0 bridgehead atoms. The third-order valence-electron chi connectivity index (χ3n) is 3.02. The minimum Gasteiger partial charge on any atom is -0.293 e. The van der Waals surface area contributed by atoms with Crippen molar-refractivity contribution in [3.05, 3.63) is 21.4 Å². The van der Waals surface area contributed by atoms with Crippen LogP contribution in [0.25, 0.3) is 0 Å². The van der Waals surface area contributed by atoms with Crippen molar-refractivity contribution in [2.75, 3.05) is 0 Å². The molecule has 0 saturated carbocycles. The number of carbonyl (C=O) groups is 1. The van der Waals surface area contributed by atoms with Gasteiger partial charge in [0.25, 0.3) is 0 Å². The van der Waals surface area contributed by atoms with E-state index in [0.717, 1.165) is 17.7 Å². The number of terminal acetylenes is 1. The molecular formula is C14H16OS. The Hall–Kier alpha value is -1.07. The highest BCUT2D eigenvalue weighted by Crippen LogP contribution is 2.29. The normalized spacial score (nSPS) is 14.9. The Kier molecular flexibility index (Phi) is 3.79. The Morgan fingerprint density at radius 2 is 2.19 bits per heavy atom. The molecule has 1 aliphatic rings. The molecule has 0 saturated heterocycles. The van der Waals surface area contributed by atoms with Crippen LogP contribution < -0.4 is 0 Å². The van der Waals surface area contributed by atoms with Crippen molar-refractivity contribution in [3.8, 4) is 12.3 Å². The number of hydrogen-bond acceptors (Lipinski definition) is 2. The standard InChI is InChI=1S/C14H16OS/c1-2-3-8-12(15)14-10-11-7-5-4-6-9-13(11)16-14/h1,10H,3-9H2. The molecule has 0 unspecified atom stereocenters. The van der Waals surface area contributed by atoms with Crippen molar-refractivity contribution >= 4 is 17.1 Å². The van der Waals surface area contributed by atoms with Crippen molar-refractivity contribution in [2.45, 2.75) is 44.9 Å². The maximum Gasteiger partial charge on any atom is 0.173 e. The summed E-state index contributed by atoms with van der Waals surface area (Å²) >= 11 is 1.69. The topological polar surface area (TPSA) is 17.1 Å². The van der Waals surface area contributed by atoms with Gasteiger partial charge in [-0.3, -0.25) is 4.79 Å². The zero-order valence-corrected chi connectivity index (χ0v) is 10.2. The highest BCUT2D eigenvalue weighted by Gasteiger charge is 2.15. The van der Waals surface area contributed by atoms with E-state index in [9.17, 15) is 4.79 Å². The number of carbonyl (C=O) groups excluding carboxylic acids is 1. The maximum atomic E-state index is 11.8. The van der Waals surface area contributed by atoms with Gasteiger partial charge in [0.1, 0.15) is 0 Å². The summed E-state index contributed by atoms with van der Waals surface area (Å²) in [7, 11) is 0. The molecule has 16 heavy (non-hydrogen) atoms. The molecule has 1 aliphatic carbocycles. The fraction of sp³-hybridized carbons (Fsp3) is 0.500. The summed E-state index contributed by atoms with van der Waals surface area (Å²) in [4.78, 5) is 14.2. The van der Waals surface area contributed by atoms with E-state index < -0.39 is 0 Å². The lowest BCUT2D eigenvalue weighted by Crippen LogP contribution is -1.94. The molecule has 0 radical (unpaired) electrons. The Morgan fingerprint density at radius 3 is 3.00 bits per heavy atom. The summed E-state index contributed by atoms with van der Waals surface area (Å²) < 4.78 is 0. The van der Waals surface area contributed by atoms with Crippen LogP contribution in [0.2, 0.25) is 0 Å². The molecule has 0 spiro atoms. The molecule has 1 nitrogen and oxygen atoms in total. The molecule has 84 valence electrons. The number of Topliss-reactive ketones (excluding diaryl/α,β-unsaturated/α-hetero) is 1. The first kappa shape index (κ1) is 11.4. The molecule has 0 aromatic carbocycles. The van der Waals surface area contributed by atoms with E-state index in [0.29, 0.717) is 12.8 Å². The molecule has 0 N–H and O–H groups in total. The van der Waals surface area contributed by atoms with Crippen LogP contribution in [0, 0.1) is 12.3 Å². The molecular weight excluding hydrogens is 216 g/mol. The first-order valence-electron chi connectivity index (χ1n) is 5.89. The summed E-state index contributed by atoms with van der Waals surface area (Å²) in [6.07, 6.45) is 12.4. The minimum atomic E-state index is 0.219. The van der Waals surface area contributed by atoms with Gasteiger partial charge in [-0.25, -0.2) is 0 Å². The second-order valence-corrected chi connectivity index (χ2v) is 5.38. The largest absolute Gasteiger partial charge is 0.293 e. The average molecular weight is 232 g/mol. The third kappa shape index (κ3) is 2.54. The van der Waals surface area contributed by atoms with Crippen molar-refractivity contribution in [1.29, 1.82) is 0 Å². The molecule has 0 amide bonds. The average Bonchev–Trinajstić information content (AvgIpc) is 2.58. The summed E-state index contributed by atoms with van der Waals surface area (Å²) in [6.45, 7) is 0. The zero-order valence-electron chi connectivity index (χ0n) is 9.42. The van der Waals surface area contributed by atoms with E-state index in [-0.39, 0.29) is 5.78 Å². The van der Waals surface area contributed by atoms with Crippen LogP contribution in [0.1, 0.15) is 52.2 Å². The molecule has 1 heterocycles. The number of ketones is 1. The fourth-order valence-electron chi connectivity index (χ4n) is 2.11. The first-order valence-corrected chi connectivity index (χ1v) is 6.71. The van der Waals surface area contributed by atoms with Crippen LogP contribution >= 0.6 is 11.3 Å². The summed E-state index contributed by atoms with van der Waals surface area (Å²) in [6, 6.07) is 2.10. The molecule has 1 aromatic heterocycles. The van der Waals surface area contributed by atoms with Gasteiger partial charge in [-0.2, -0.15) is 0 Å². The molecule has 0 fully saturated rings. The van der Waals surface area contributed by atoms with Crippen molar-refractivity contribution in [2.24, 2.45) is 0 Å². The third-order valence-corrected chi connectivity index (χ3v) is 4.30. The fourth-order valence-corrected chi connectivity index (χ4v) is 3.33. The predicted molar refractivity (Wildman–Crippen MR) is 68.0 cm³/mol. The van der Waals surface area contributed by atoms with Gasteiger partial charge < -0.3 is 0 Å². The summed E-state index contributed by atoms with van der Waals surface area (Å²) in [5.41, 5.74) is 1.41. The smallest absolute Gasteiger partial charge is 0.173 e. The number of fused-ring (bicyclic) bond motifs is 1. The minimum absolute atomic E-state index is 0.219. The van der Waals surface area contributed by atoms with Gasteiger partial charge in [-0.05, 0) is 37.3 Å². The molecule has 1 aromatic rings. The van der Waals surface area contributed by atoms with Crippen LogP contribution in [0.5, 0.6) is 0 Å². The van der Waals surface area contributed by atoms with Crippen LogP contribution in [0.4, 0.5) is 0 Å². The Balaban J connectivity index is 2.12. The van der Waals surface area contributed by atoms with Gasteiger partial charge >= 0.3 is 0 Å². The number of hydrogen-bond donors (Lipinski definition) is 0. The van der Waals surface area contributed by atoms with Crippen molar-refractivity contribution < 1.29 is 4.79 Å². The Labute approximate surface area is 101 Å². The lowest BCUT2D eigenvalue weighted by Gasteiger charge is -1.94. The predicted octanol–water partition coefficient (Wildman–Crippen LogP) is 3.61. The summed E-state index contributed by atoms with van der Waals surface area (Å²) in [5.74, 6) is 2.74. The second-order valence-electron chi connectivity index (χ2n) is 4.25. The molecule has 2 rings (SSSR count). The highest BCUT2D eigenvalue weighted by molar-refractivity contribution is 7.14. The number of aryl methyl sites for hydroxylation is 2. The highest BCUT2D eigenvalue weighted by atomic mass is 32.1. The van der Waals surface area contributed by atoms with Crippen molar-refractivity contribution in [1.82, 2.24) is 0 Å². The number of rotatable bonds is 3. The van der Waals surface area contributed by atoms with Crippen LogP contribution in [0.3, 0.4) is 0 Å². The van der Waals surface area contributed by atoms with Crippen molar-refractivity contribution in [3.63, 3.8) is 0 Å². The van der Waals surface area contributed by atoms with E-state index in [1.54, 1.807) is 11.3 Å². The SMILES string of the molecule is C#CCCC(=O)c1cc2c(s1)CCCCC2. The summed E-state index contributed by atoms with van der Waals surface area (Å²) in [5, 5.41) is 0. The van der Waals surface area contributed by atoms with Gasteiger partial charge in [0.05, 0.1) is 4.88 Å². The van der Waals surface area contributed by atoms with Gasteiger partial charge in [0, 0.05) is 17.7 Å². The monoisotopic (exact) mass is 232 g/mol. The lowest BCUT2D eigenvalue weighted by molar-refractivity contribution is 0.0988. The van der Waals surface area contributed by atoms with Gasteiger partial charge in [0.2, 0.25) is 0 Å². The van der Waals surface area contributed by atoms with E-state index in [2.05, 4.69) is 12.0 Å². The van der Waals surface area contributed by atoms with Crippen LogP contribution in [-0.2, 0) is 12.8 Å². The quantitative estimate of drug-likeness (QED) is 0.442. The zero-order chi connectivity index (χ0) is 11.4. The van der Waals surface area contributed by atoms with Crippen LogP contribution in [-0.4, -0.2) is 5.78 Å². The Bertz CT molecular complexity index is 399. The van der Waals surface area contributed by atoms with E-state index in [4.69, 9.17) is 6.42 Å². The van der Waals surface area contributed by atoms with Crippen LogP contribution in [0.15, 0.2) is 6.07 Å². The maximum absolute atomic E-state index is 11.8. The van der Waals surface area contributed by atoms with Gasteiger partial charge in [0.15, 0.2) is 5.78 Å². The number of thiophene rings is 1. The molecule has 2 heteroatoms. The Morgan fingerprint density at radius 1 is 1.38 bits per heavy atom. The van der Waals surface area contributed by atoms with E-state index >= 15 is 0 Å². The van der Waals surface area contributed by atoms with Gasteiger partial charge in [-0.15, -0.1) is 23.7 Å². The molecule has 0 atom stereocenters.